The van der Waals surface area contributed by atoms with Crippen molar-refractivity contribution in [2.75, 3.05) is 5.32 Å². The van der Waals surface area contributed by atoms with Crippen LogP contribution in [0, 0.1) is 0 Å². The van der Waals surface area contributed by atoms with Crippen LogP contribution in [0.2, 0.25) is 0 Å². The van der Waals surface area contributed by atoms with Gasteiger partial charge in [-0.25, -0.2) is 0 Å². The third kappa shape index (κ3) is 3.19. The maximum Gasteiger partial charge on any atom is 0.221 e. The maximum absolute atomic E-state index is 11.0. The number of benzene rings is 1. The summed E-state index contributed by atoms with van der Waals surface area (Å²) >= 11 is 0. The fourth-order valence-electron chi connectivity index (χ4n) is 2.04. The van der Waals surface area contributed by atoms with E-state index >= 15 is 0 Å². The lowest BCUT2D eigenvalue weighted by Crippen LogP contribution is -2.05. The molecule has 0 saturated heterocycles. The summed E-state index contributed by atoms with van der Waals surface area (Å²) in [6, 6.07) is 11.8. The SMILES string of the molecule is CC(=O)Nc1ccc(-c2ncccc2C(C)C)cc1. The van der Waals surface area contributed by atoms with Gasteiger partial charge in [0.05, 0.1) is 5.69 Å². The van der Waals surface area contributed by atoms with Gasteiger partial charge in [0.2, 0.25) is 5.91 Å². The molecule has 98 valence electrons. The normalized spacial score (nSPS) is 10.5. The topological polar surface area (TPSA) is 42.0 Å². The molecule has 0 spiro atoms. The molecule has 0 fully saturated rings. The maximum atomic E-state index is 11.0. The second kappa shape index (κ2) is 5.65. The van der Waals surface area contributed by atoms with E-state index in [2.05, 4.69) is 30.2 Å². The first-order valence-corrected chi connectivity index (χ1v) is 6.41. The standard InChI is InChI=1S/C16H18N2O/c1-11(2)15-5-4-10-17-16(15)13-6-8-14(9-7-13)18-12(3)19/h4-11H,1-3H3,(H,18,19). The molecule has 0 aliphatic rings. The van der Waals surface area contributed by atoms with E-state index in [4.69, 9.17) is 0 Å². The quantitative estimate of drug-likeness (QED) is 0.904. The predicted molar refractivity (Wildman–Crippen MR) is 78.1 cm³/mol. The van der Waals surface area contributed by atoms with Crippen LogP contribution < -0.4 is 5.32 Å². The molecule has 0 saturated carbocycles. The minimum Gasteiger partial charge on any atom is -0.326 e. The van der Waals surface area contributed by atoms with Crippen molar-refractivity contribution >= 4 is 11.6 Å². The number of nitrogens with zero attached hydrogens (tertiary/aromatic N) is 1. The van der Waals surface area contributed by atoms with Crippen LogP contribution >= 0.6 is 0 Å². The van der Waals surface area contributed by atoms with Crippen LogP contribution in [-0.2, 0) is 4.79 Å². The van der Waals surface area contributed by atoms with Gasteiger partial charge in [-0.1, -0.05) is 32.0 Å². The lowest BCUT2D eigenvalue weighted by atomic mass is 9.97. The first-order valence-electron chi connectivity index (χ1n) is 6.41. The van der Waals surface area contributed by atoms with Crippen molar-refractivity contribution in [2.45, 2.75) is 26.7 Å². The summed E-state index contributed by atoms with van der Waals surface area (Å²) < 4.78 is 0. The summed E-state index contributed by atoms with van der Waals surface area (Å²) in [7, 11) is 0. The molecule has 2 rings (SSSR count). The summed E-state index contributed by atoms with van der Waals surface area (Å²) in [4.78, 5) is 15.5. The molecule has 2 aromatic rings. The van der Waals surface area contributed by atoms with Gasteiger partial charge >= 0.3 is 0 Å². The van der Waals surface area contributed by atoms with Crippen molar-refractivity contribution in [1.29, 1.82) is 0 Å². The third-order valence-electron chi connectivity index (χ3n) is 2.94. The molecule has 19 heavy (non-hydrogen) atoms. The number of carbonyl (C=O) groups excluding carboxylic acids is 1. The van der Waals surface area contributed by atoms with E-state index in [1.54, 1.807) is 0 Å². The summed E-state index contributed by atoms with van der Waals surface area (Å²) in [6.07, 6.45) is 1.81. The second-order valence-corrected chi connectivity index (χ2v) is 4.85. The molecular weight excluding hydrogens is 236 g/mol. The summed E-state index contributed by atoms with van der Waals surface area (Å²) in [5, 5.41) is 2.76. The summed E-state index contributed by atoms with van der Waals surface area (Å²) in [5.74, 6) is 0.368. The zero-order valence-corrected chi connectivity index (χ0v) is 11.5. The van der Waals surface area contributed by atoms with Crippen molar-refractivity contribution in [3.05, 3.63) is 48.2 Å². The molecule has 3 nitrogen and oxygen atoms in total. The molecule has 3 heteroatoms. The van der Waals surface area contributed by atoms with E-state index in [0.717, 1.165) is 16.9 Å². The number of anilines is 1. The molecule has 1 N–H and O–H groups in total. The third-order valence-corrected chi connectivity index (χ3v) is 2.94. The smallest absolute Gasteiger partial charge is 0.221 e. The fraction of sp³-hybridized carbons (Fsp3) is 0.250. The van der Waals surface area contributed by atoms with E-state index in [-0.39, 0.29) is 5.91 Å². The van der Waals surface area contributed by atoms with E-state index < -0.39 is 0 Å². The van der Waals surface area contributed by atoms with E-state index in [1.165, 1.54) is 12.5 Å². The zero-order valence-electron chi connectivity index (χ0n) is 11.5. The van der Waals surface area contributed by atoms with E-state index in [9.17, 15) is 4.79 Å². The van der Waals surface area contributed by atoms with Crippen LogP contribution in [0.4, 0.5) is 5.69 Å². The Morgan fingerprint density at radius 1 is 1.16 bits per heavy atom. The first-order chi connectivity index (χ1) is 9.08. The minimum atomic E-state index is -0.0616. The van der Waals surface area contributed by atoms with Crippen molar-refractivity contribution < 1.29 is 4.79 Å². The summed E-state index contributed by atoms with van der Waals surface area (Å²) in [6.45, 7) is 5.82. The Bertz CT molecular complexity index is 574. The Labute approximate surface area is 113 Å². The van der Waals surface area contributed by atoms with Gasteiger partial charge in [-0.15, -0.1) is 0 Å². The number of hydrogen-bond donors (Lipinski definition) is 1. The number of carbonyl (C=O) groups is 1. The predicted octanol–water partition coefficient (Wildman–Crippen LogP) is 3.83. The number of rotatable bonds is 3. The van der Waals surface area contributed by atoms with Gasteiger partial charge in [0, 0.05) is 24.4 Å². The van der Waals surface area contributed by atoms with Crippen LogP contribution in [-0.4, -0.2) is 10.9 Å². The molecular formula is C16H18N2O. The Morgan fingerprint density at radius 2 is 1.84 bits per heavy atom. The molecule has 1 aromatic carbocycles. The molecule has 1 aromatic heterocycles. The van der Waals surface area contributed by atoms with Gasteiger partial charge in [-0.05, 0) is 29.7 Å². The highest BCUT2D eigenvalue weighted by atomic mass is 16.1. The van der Waals surface area contributed by atoms with Crippen molar-refractivity contribution in [3.8, 4) is 11.3 Å². The Morgan fingerprint density at radius 3 is 2.42 bits per heavy atom. The van der Waals surface area contributed by atoms with Gasteiger partial charge < -0.3 is 5.32 Å². The van der Waals surface area contributed by atoms with Gasteiger partial charge in [-0.3, -0.25) is 9.78 Å². The van der Waals surface area contributed by atoms with Gasteiger partial charge in [-0.2, -0.15) is 0 Å². The van der Waals surface area contributed by atoms with Crippen LogP contribution in [0.15, 0.2) is 42.6 Å². The molecule has 0 aliphatic heterocycles. The highest BCUT2D eigenvalue weighted by Gasteiger charge is 2.09. The summed E-state index contributed by atoms with van der Waals surface area (Å²) in [5.41, 5.74) is 4.11. The van der Waals surface area contributed by atoms with Crippen LogP contribution in [0.3, 0.4) is 0 Å². The van der Waals surface area contributed by atoms with Crippen molar-refractivity contribution in [3.63, 3.8) is 0 Å². The second-order valence-electron chi connectivity index (χ2n) is 4.85. The minimum absolute atomic E-state index is 0.0616. The molecule has 0 radical (unpaired) electrons. The van der Waals surface area contributed by atoms with Gasteiger partial charge in [0.15, 0.2) is 0 Å². The van der Waals surface area contributed by atoms with E-state index in [0.29, 0.717) is 5.92 Å². The highest BCUT2D eigenvalue weighted by Crippen LogP contribution is 2.27. The largest absolute Gasteiger partial charge is 0.326 e. The number of hydrogen-bond acceptors (Lipinski definition) is 2. The molecule has 1 heterocycles. The lowest BCUT2D eigenvalue weighted by Gasteiger charge is -2.12. The van der Waals surface area contributed by atoms with Gasteiger partial charge in [0.25, 0.3) is 0 Å². The van der Waals surface area contributed by atoms with E-state index in [1.807, 2.05) is 36.5 Å². The Hall–Kier alpha value is -2.16. The van der Waals surface area contributed by atoms with Crippen LogP contribution in [0.5, 0.6) is 0 Å². The van der Waals surface area contributed by atoms with Crippen molar-refractivity contribution in [2.24, 2.45) is 0 Å². The first kappa shape index (κ1) is 13.3. The highest BCUT2D eigenvalue weighted by molar-refractivity contribution is 5.88. The fourth-order valence-corrected chi connectivity index (χ4v) is 2.04. The lowest BCUT2D eigenvalue weighted by molar-refractivity contribution is -0.114. The number of aromatic nitrogens is 1. The average Bonchev–Trinajstić information content (AvgIpc) is 2.39. The monoisotopic (exact) mass is 254 g/mol. The van der Waals surface area contributed by atoms with Crippen LogP contribution in [0.1, 0.15) is 32.3 Å². The van der Waals surface area contributed by atoms with Crippen molar-refractivity contribution in [1.82, 2.24) is 4.98 Å². The number of nitrogens with one attached hydrogen (secondary N) is 1. The zero-order chi connectivity index (χ0) is 13.8. The molecule has 0 aliphatic carbocycles. The molecule has 1 amide bonds. The molecule has 0 bridgehead atoms. The Balaban J connectivity index is 2.35. The molecule has 0 unspecified atom stereocenters. The molecule has 0 atom stereocenters. The van der Waals surface area contributed by atoms with Gasteiger partial charge in [0.1, 0.15) is 0 Å². The van der Waals surface area contributed by atoms with Crippen LogP contribution in [0.25, 0.3) is 11.3 Å². The average molecular weight is 254 g/mol. The number of pyridine rings is 1. The number of amides is 1. The Kier molecular flexibility index (Phi) is 3.95.